The summed E-state index contributed by atoms with van der Waals surface area (Å²) in [7, 11) is 0. The molecule has 0 spiro atoms. The number of hydrogen-bond acceptors (Lipinski definition) is 5. The minimum atomic E-state index is -0.379. The smallest absolute Gasteiger partial charge is 0.316 e. The molecule has 0 fully saturated rings. The second kappa shape index (κ2) is 6.65. The molecule has 108 valence electrons. The Balaban J connectivity index is 2.22. The molecule has 0 radical (unpaired) electrons. The topological polar surface area (TPSA) is 67.9 Å². The Morgan fingerprint density at radius 1 is 1.50 bits per heavy atom. The third-order valence-corrected chi connectivity index (χ3v) is 3.72. The van der Waals surface area contributed by atoms with Crippen LogP contribution in [-0.4, -0.2) is 27.8 Å². The summed E-state index contributed by atoms with van der Waals surface area (Å²) in [5.74, 6) is 0.972. The molecule has 2 heterocycles. The van der Waals surface area contributed by atoms with Gasteiger partial charge in [0.15, 0.2) is 5.82 Å². The van der Waals surface area contributed by atoms with Gasteiger partial charge in [0.2, 0.25) is 0 Å². The average molecular weight is 293 g/mol. The van der Waals surface area contributed by atoms with Crippen LogP contribution in [0.2, 0.25) is 0 Å². The molecule has 0 bridgehead atoms. The van der Waals surface area contributed by atoms with Crippen molar-refractivity contribution in [2.75, 3.05) is 6.61 Å². The third-order valence-electron chi connectivity index (χ3n) is 2.85. The molecule has 6 heteroatoms. The zero-order valence-corrected chi connectivity index (χ0v) is 12.7. The number of hydrogen-bond donors (Lipinski definition) is 1. The summed E-state index contributed by atoms with van der Waals surface area (Å²) in [5, 5.41) is 9.05. The first-order valence-corrected chi connectivity index (χ1v) is 7.62. The maximum atomic E-state index is 12.1. The maximum Gasteiger partial charge on any atom is 0.316 e. The normalized spacial score (nSPS) is 12.6. The van der Waals surface area contributed by atoms with Gasteiger partial charge >= 0.3 is 5.97 Å². The van der Waals surface area contributed by atoms with Crippen LogP contribution >= 0.6 is 11.3 Å². The summed E-state index contributed by atoms with van der Waals surface area (Å²) < 4.78 is 5.14. The van der Waals surface area contributed by atoms with Crippen molar-refractivity contribution in [2.45, 2.75) is 33.1 Å². The minimum absolute atomic E-state index is 0.241. The van der Waals surface area contributed by atoms with Crippen LogP contribution in [0.25, 0.3) is 10.7 Å². The molecule has 0 aliphatic carbocycles. The number of ether oxygens (including phenoxy) is 1. The Hall–Kier alpha value is -1.69. The summed E-state index contributed by atoms with van der Waals surface area (Å²) >= 11 is 1.57. The van der Waals surface area contributed by atoms with Crippen LogP contribution in [0.5, 0.6) is 0 Å². The van der Waals surface area contributed by atoms with Gasteiger partial charge in [0.1, 0.15) is 11.7 Å². The molecular weight excluding hydrogens is 274 g/mol. The van der Waals surface area contributed by atoms with Gasteiger partial charge in [-0.1, -0.05) is 19.9 Å². The van der Waals surface area contributed by atoms with E-state index in [4.69, 9.17) is 4.74 Å². The molecule has 0 aromatic carbocycles. The highest BCUT2D eigenvalue weighted by Crippen LogP contribution is 2.26. The van der Waals surface area contributed by atoms with E-state index in [2.05, 4.69) is 29.0 Å². The van der Waals surface area contributed by atoms with Crippen molar-refractivity contribution in [1.82, 2.24) is 15.2 Å². The van der Waals surface area contributed by atoms with Gasteiger partial charge in [0, 0.05) is 0 Å². The number of carbonyl (C=O) groups excluding carboxylic acids is 1. The summed E-state index contributed by atoms with van der Waals surface area (Å²) in [4.78, 5) is 17.5. The molecule has 0 saturated carbocycles. The van der Waals surface area contributed by atoms with Crippen molar-refractivity contribution >= 4 is 17.3 Å². The maximum absolute atomic E-state index is 12.1. The Morgan fingerprint density at radius 3 is 2.90 bits per heavy atom. The van der Waals surface area contributed by atoms with Crippen LogP contribution in [0.3, 0.4) is 0 Å². The number of esters is 1. The van der Waals surface area contributed by atoms with Crippen LogP contribution in [0, 0.1) is 5.92 Å². The highest BCUT2D eigenvalue weighted by molar-refractivity contribution is 7.13. The van der Waals surface area contributed by atoms with E-state index in [1.54, 1.807) is 11.3 Å². The molecule has 0 amide bonds. The van der Waals surface area contributed by atoms with Gasteiger partial charge in [0.05, 0.1) is 11.5 Å². The molecule has 0 aliphatic rings. The Labute approximate surface area is 122 Å². The fraction of sp³-hybridized carbons (Fsp3) is 0.500. The number of carbonyl (C=O) groups is 1. The predicted octanol–water partition coefficient (Wildman–Crippen LogP) is 3.23. The van der Waals surface area contributed by atoms with Crippen molar-refractivity contribution < 1.29 is 9.53 Å². The van der Waals surface area contributed by atoms with Crippen LogP contribution in [-0.2, 0) is 9.53 Å². The molecule has 0 aliphatic heterocycles. The summed E-state index contributed by atoms with van der Waals surface area (Å²) in [6.07, 6.45) is 0.692. The van der Waals surface area contributed by atoms with Gasteiger partial charge in [-0.25, -0.2) is 4.98 Å². The number of H-pyrrole nitrogens is 1. The first-order chi connectivity index (χ1) is 9.61. The van der Waals surface area contributed by atoms with Gasteiger partial charge in [-0.2, -0.15) is 5.10 Å². The van der Waals surface area contributed by atoms with Crippen LogP contribution in [0.1, 0.15) is 38.9 Å². The van der Waals surface area contributed by atoms with Crippen LogP contribution < -0.4 is 0 Å². The van der Waals surface area contributed by atoms with E-state index < -0.39 is 0 Å². The molecule has 2 aromatic rings. The van der Waals surface area contributed by atoms with Crippen molar-refractivity contribution in [1.29, 1.82) is 0 Å². The number of nitrogens with one attached hydrogen (secondary N) is 1. The van der Waals surface area contributed by atoms with Crippen LogP contribution in [0.4, 0.5) is 0 Å². The number of thiophene rings is 1. The summed E-state index contributed by atoms with van der Waals surface area (Å²) in [5.41, 5.74) is 0. The van der Waals surface area contributed by atoms with Crippen LogP contribution in [0.15, 0.2) is 17.5 Å². The van der Waals surface area contributed by atoms with Gasteiger partial charge in [-0.15, -0.1) is 11.3 Å². The largest absolute Gasteiger partial charge is 0.465 e. The SMILES string of the molecule is CCOC(=O)C(CC(C)C)c1nc(-c2cccs2)n[nH]1. The van der Waals surface area contributed by atoms with Gasteiger partial charge in [-0.05, 0) is 30.7 Å². The molecule has 20 heavy (non-hydrogen) atoms. The lowest BCUT2D eigenvalue weighted by Crippen LogP contribution is -2.19. The number of rotatable bonds is 6. The molecule has 2 aromatic heterocycles. The van der Waals surface area contributed by atoms with Crippen molar-refractivity contribution in [3.63, 3.8) is 0 Å². The standard InChI is InChI=1S/C14H19N3O2S/c1-4-19-14(18)10(8-9(2)3)12-15-13(17-16-12)11-6-5-7-20-11/h5-7,9-10H,4,8H2,1-3H3,(H,15,16,17). The Morgan fingerprint density at radius 2 is 2.30 bits per heavy atom. The van der Waals surface area contributed by atoms with Crippen molar-refractivity contribution in [3.05, 3.63) is 23.3 Å². The monoisotopic (exact) mass is 293 g/mol. The van der Waals surface area contributed by atoms with E-state index in [-0.39, 0.29) is 11.9 Å². The Bertz CT molecular complexity index is 549. The van der Waals surface area contributed by atoms with Crippen molar-refractivity contribution in [2.24, 2.45) is 5.92 Å². The average Bonchev–Trinajstić information content (AvgIpc) is 3.06. The molecule has 5 nitrogen and oxygen atoms in total. The second-order valence-electron chi connectivity index (χ2n) is 4.96. The Kier molecular flexibility index (Phi) is 4.89. The van der Waals surface area contributed by atoms with E-state index in [1.807, 2.05) is 24.4 Å². The molecule has 1 atom stereocenters. The van der Waals surface area contributed by atoms with Gasteiger partial charge in [0.25, 0.3) is 0 Å². The number of nitrogens with zero attached hydrogens (tertiary/aromatic N) is 2. The molecule has 1 N–H and O–H groups in total. The van der Waals surface area contributed by atoms with Gasteiger partial charge in [-0.3, -0.25) is 9.89 Å². The highest BCUT2D eigenvalue weighted by atomic mass is 32.1. The van der Waals surface area contributed by atoms with E-state index in [0.29, 0.717) is 30.6 Å². The quantitative estimate of drug-likeness (QED) is 0.830. The second-order valence-corrected chi connectivity index (χ2v) is 5.90. The predicted molar refractivity (Wildman–Crippen MR) is 78.5 cm³/mol. The lowest BCUT2D eigenvalue weighted by molar-refractivity contribution is -0.145. The number of aromatic amines is 1. The fourth-order valence-electron chi connectivity index (χ4n) is 1.98. The number of aromatic nitrogens is 3. The van der Waals surface area contributed by atoms with E-state index in [0.717, 1.165) is 4.88 Å². The van der Waals surface area contributed by atoms with E-state index in [1.165, 1.54) is 0 Å². The lowest BCUT2D eigenvalue weighted by Gasteiger charge is -2.14. The first kappa shape index (κ1) is 14.7. The lowest BCUT2D eigenvalue weighted by atomic mass is 9.96. The van der Waals surface area contributed by atoms with E-state index >= 15 is 0 Å². The summed E-state index contributed by atoms with van der Waals surface area (Å²) in [6.45, 7) is 6.33. The molecule has 2 rings (SSSR count). The molecule has 1 unspecified atom stereocenters. The minimum Gasteiger partial charge on any atom is -0.465 e. The van der Waals surface area contributed by atoms with E-state index in [9.17, 15) is 4.79 Å². The molecule has 0 saturated heterocycles. The molecular formula is C14H19N3O2S. The zero-order chi connectivity index (χ0) is 14.5. The highest BCUT2D eigenvalue weighted by Gasteiger charge is 2.27. The van der Waals surface area contributed by atoms with Crippen molar-refractivity contribution in [3.8, 4) is 10.7 Å². The van der Waals surface area contributed by atoms with Gasteiger partial charge < -0.3 is 4.74 Å². The fourth-order valence-corrected chi connectivity index (χ4v) is 2.64. The first-order valence-electron chi connectivity index (χ1n) is 6.74. The zero-order valence-electron chi connectivity index (χ0n) is 11.9. The summed E-state index contributed by atoms with van der Waals surface area (Å²) in [6, 6.07) is 3.91. The third kappa shape index (κ3) is 3.45.